The van der Waals surface area contributed by atoms with Crippen molar-refractivity contribution >= 4 is 11.7 Å². The van der Waals surface area contributed by atoms with Gasteiger partial charge in [-0.1, -0.05) is 30.3 Å². The van der Waals surface area contributed by atoms with Gasteiger partial charge >= 0.3 is 6.18 Å². The SMILES string of the molecule is C[C@@H](C(=O)NCC(F)(F)F)[n+]1ccc(C(=O)c2ccccc2)cc1. The molecule has 2 aromatic rings. The molecule has 1 atom stereocenters. The van der Waals surface area contributed by atoms with Gasteiger partial charge in [-0.25, -0.2) is 0 Å². The van der Waals surface area contributed by atoms with E-state index >= 15 is 0 Å². The second kappa shape index (κ2) is 7.25. The maximum atomic E-state index is 12.3. The van der Waals surface area contributed by atoms with E-state index in [1.807, 2.05) is 5.32 Å². The Bertz CT molecular complexity index is 713. The number of hydrogen-bond donors (Lipinski definition) is 1. The summed E-state index contributed by atoms with van der Waals surface area (Å²) >= 11 is 0. The zero-order valence-corrected chi connectivity index (χ0v) is 12.9. The van der Waals surface area contributed by atoms with E-state index in [1.54, 1.807) is 30.3 Å². The van der Waals surface area contributed by atoms with Crippen molar-refractivity contribution in [2.45, 2.75) is 19.1 Å². The van der Waals surface area contributed by atoms with Crippen LogP contribution in [0, 0.1) is 0 Å². The number of aromatic nitrogens is 1. The highest BCUT2D eigenvalue weighted by molar-refractivity contribution is 6.08. The van der Waals surface area contributed by atoms with Crippen LogP contribution >= 0.6 is 0 Å². The Morgan fingerprint density at radius 1 is 1.04 bits per heavy atom. The molecule has 1 amide bonds. The number of nitrogens with zero attached hydrogens (tertiary/aromatic N) is 1. The van der Waals surface area contributed by atoms with Crippen LogP contribution in [-0.2, 0) is 4.79 Å². The Morgan fingerprint density at radius 2 is 1.58 bits per heavy atom. The Labute approximate surface area is 136 Å². The number of benzene rings is 1. The van der Waals surface area contributed by atoms with Gasteiger partial charge in [-0.2, -0.15) is 17.7 Å². The quantitative estimate of drug-likeness (QED) is 0.673. The van der Waals surface area contributed by atoms with Crippen molar-refractivity contribution in [3.8, 4) is 0 Å². The summed E-state index contributed by atoms with van der Waals surface area (Å²) in [6, 6.07) is 10.9. The molecule has 0 aliphatic rings. The zero-order chi connectivity index (χ0) is 17.7. The summed E-state index contributed by atoms with van der Waals surface area (Å²) in [4.78, 5) is 24.0. The van der Waals surface area contributed by atoms with Gasteiger partial charge in [0.15, 0.2) is 18.2 Å². The summed E-state index contributed by atoms with van der Waals surface area (Å²) in [6.07, 6.45) is -1.46. The number of alkyl halides is 3. The van der Waals surface area contributed by atoms with Crippen LogP contribution in [0.3, 0.4) is 0 Å². The van der Waals surface area contributed by atoms with Gasteiger partial charge < -0.3 is 5.32 Å². The summed E-state index contributed by atoms with van der Waals surface area (Å²) in [5.74, 6) is -0.920. The van der Waals surface area contributed by atoms with Crippen molar-refractivity contribution in [2.75, 3.05) is 6.54 Å². The van der Waals surface area contributed by atoms with E-state index in [4.69, 9.17) is 0 Å². The molecule has 0 radical (unpaired) electrons. The molecule has 0 unspecified atom stereocenters. The molecule has 1 aromatic carbocycles. The van der Waals surface area contributed by atoms with Crippen LogP contribution in [0.1, 0.15) is 28.9 Å². The predicted octanol–water partition coefficient (Wildman–Crippen LogP) is 2.44. The molecular formula is C17H16F3N2O2+. The lowest BCUT2D eigenvalue weighted by Crippen LogP contribution is -2.48. The molecular weight excluding hydrogens is 321 g/mol. The van der Waals surface area contributed by atoms with Crippen molar-refractivity contribution in [3.05, 3.63) is 66.0 Å². The first kappa shape index (κ1) is 17.7. The second-order valence-corrected chi connectivity index (χ2v) is 5.24. The molecule has 0 saturated carbocycles. The maximum absolute atomic E-state index is 12.3. The fraction of sp³-hybridized carbons (Fsp3) is 0.235. The minimum absolute atomic E-state index is 0.170. The fourth-order valence-corrected chi connectivity index (χ4v) is 2.07. The van der Waals surface area contributed by atoms with Crippen LogP contribution in [0.5, 0.6) is 0 Å². The van der Waals surface area contributed by atoms with Crippen LogP contribution in [0.2, 0.25) is 0 Å². The molecule has 1 heterocycles. The summed E-state index contributed by atoms with van der Waals surface area (Å²) < 4.78 is 37.8. The third-order valence-electron chi connectivity index (χ3n) is 3.44. The lowest BCUT2D eigenvalue weighted by atomic mass is 10.0. The number of rotatable bonds is 5. The largest absolute Gasteiger partial charge is 0.405 e. The summed E-state index contributed by atoms with van der Waals surface area (Å²) in [7, 11) is 0. The number of carbonyl (C=O) groups is 2. The van der Waals surface area contributed by atoms with Gasteiger partial charge in [0.05, 0.1) is 0 Å². The molecule has 0 fully saturated rings. The molecule has 0 aliphatic heterocycles. The number of nitrogens with one attached hydrogen (secondary N) is 1. The van der Waals surface area contributed by atoms with Gasteiger partial charge in [0.1, 0.15) is 6.54 Å². The summed E-state index contributed by atoms with van der Waals surface area (Å²) in [6.45, 7) is 0.103. The standard InChI is InChI=1S/C17H15F3N2O2/c1-12(16(24)21-11-17(18,19)20)22-9-7-14(8-10-22)15(23)13-5-3-2-4-6-13/h2-10,12H,11H2,1H3/p+1/t12-/m0/s1. The normalized spacial score (nSPS) is 12.5. The van der Waals surface area contributed by atoms with Crippen LogP contribution in [0.4, 0.5) is 13.2 Å². The summed E-state index contributed by atoms with van der Waals surface area (Å²) in [5, 5.41) is 1.83. The third-order valence-corrected chi connectivity index (χ3v) is 3.44. The Morgan fingerprint density at radius 3 is 2.12 bits per heavy atom. The van der Waals surface area contributed by atoms with Gasteiger partial charge in [-0.15, -0.1) is 0 Å². The minimum atomic E-state index is -4.45. The van der Waals surface area contributed by atoms with Crippen LogP contribution < -0.4 is 9.88 Å². The van der Waals surface area contributed by atoms with E-state index in [9.17, 15) is 22.8 Å². The van der Waals surface area contributed by atoms with Crippen molar-refractivity contribution < 1.29 is 27.3 Å². The van der Waals surface area contributed by atoms with Gasteiger partial charge in [-0.05, 0) is 0 Å². The number of halogens is 3. The molecule has 2 rings (SSSR count). The van der Waals surface area contributed by atoms with Crippen LogP contribution in [0.15, 0.2) is 54.9 Å². The number of pyridine rings is 1. The van der Waals surface area contributed by atoms with Crippen LogP contribution in [0.25, 0.3) is 0 Å². The van der Waals surface area contributed by atoms with E-state index in [-0.39, 0.29) is 5.78 Å². The third kappa shape index (κ3) is 4.65. The van der Waals surface area contributed by atoms with Crippen molar-refractivity contribution in [3.63, 3.8) is 0 Å². The molecule has 126 valence electrons. The molecule has 0 aliphatic carbocycles. The molecule has 0 spiro atoms. The molecule has 4 nitrogen and oxygen atoms in total. The highest BCUT2D eigenvalue weighted by Gasteiger charge is 2.30. The zero-order valence-electron chi connectivity index (χ0n) is 12.9. The number of ketones is 1. The molecule has 0 bridgehead atoms. The van der Waals surface area contributed by atoms with E-state index in [2.05, 4.69) is 0 Å². The average Bonchev–Trinajstić information content (AvgIpc) is 2.58. The Balaban J connectivity index is 2.06. The van der Waals surface area contributed by atoms with E-state index in [0.29, 0.717) is 11.1 Å². The van der Waals surface area contributed by atoms with Crippen molar-refractivity contribution in [2.24, 2.45) is 0 Å². The first-order valence-corrected chi connectivity index (χ1v) is 7.23. The monoisotopic (exact) mass is 337 g/mol. The second-order valence-electron chi connectivity index (χ2n) is 5.24. The van der Waals surface area contributed by atoms with Crippen molar-refractivity contribution in [1.82, 2.24) is 5.32 Å². The first-order chi connectivity index (χ1) is 11.3. The van der Waals surface area contributed by atoms with Gasteiger partial charge in [0.25, 0.3) is 5.91 Å². The smallest absolute Gasteiger partial charge is 0.341 e. The van der Waals surface area contributed by atoms with E-state index < -0.39 is 24.7 Å². The Kier molecular flexibility index (Phi) is 5.33. The van der Waals surface area contributed by atoms with E-state index in [0.717, 1.165) is 0 Å². The number of carbonyl (C=O) groups excluding carboxylic acids is 2. The lowest BCUT2D eigenvalue weighted by molar-refractivity contribution is -0.706. The average molecular weight is 337 g/mol. The first-order valence-electron chi connectivity index (χ1n) is 7.23. The topological polar surface area (TPSA) is 50.1 Å². The summed E-state index contributed by atoms with van der Waals surface area (Å²) in [5.41, 5.74) is 0.964. The highest BCUT2D eigenvalue weighted by atomic mass is 19.4. The number of amides is 1. The number of hydrogen-bond acceptors (Lipinski definition) is 2. The van der Waals surface area contributed by atoms with Gasteiger partial charge in [-0.3, -0.25) is 9.59 Å². The van der Waals surface area contributed by atoms with Gasteiger partial charge in [0.2, 0.25) is 6.04 Å². The maximum Gasteiger partial charge on any atom is 0.405 e. The molecule has 0 saturated heterocycles. The molecule has 1 aromatic heterocycles. The predicted molar refractivity (Wildman–Crippen MR) is 80.3 cm³/mol. The van der Waals surface area contributed by atoms with Crippen LogP contribution in [-0.4, -0.2) is 24.4 Å². The minimum Gasteiger partial charge on any atom is -0.341 e. The molecule has 7 heteroatoms. The lowest BCUT2D eigenvalue weighted by Gasteiger charge is -2.10. The fourth-order valence-electron chi connectivity index (χ4n) is 2.07. The molecule has 24 heavy (non-hydrogen) atoms. The van der Waals surface area contributed by atoms with E-state index in [1.165, 1.54) is 36.0 Å². The van der Waals surface area contributed by atoms with Crippen molar-refractivity contribution in [1.29, 1.82) is 0 Å². The Hall–Kier alpha value is -2.70. The molecule has 1 N–H and O–H groups in total. The van der Waals surface area contributed by atoms with Gasteiger partial charge in [0, 0.05) is 30.2 Å². The highest BCUT2D eigenvalue weighted by Crippen LogP contribution is 2.13.